The Morgan fingerprint density at radius 1 is 1.32 bits per heavy atom. The molecular formula is C14H16N4S. The molecule has 0 aliphatic carbocycles. The molecule has 3 aromatic rings. The van der Waals surface area contributed by atoms with Crippen LogP contribution in [-0.2, 0) is 7.05 Å². The van der Waals surface area contributed by atoms with Crippen molar-refractivity contribution in [1.29, 1.82) is 0 Å². The third-order valence-electron chi connectivity index (χ3n) is 3.19. The van der Waals surface area contributed by atoms with E-state index < -0.39 is 0 Å². The van der Waals surface area contributed by atoms with E-state index in [1.54, 1.807) is 22.2 Å². The molecule has 1 aromatic carbocycles. The fourth-order valence-electron chi connectivity index (χ4n) is 2.03. The molecule has 0 spiro atoms. The number of nitrogen functional groups attached to an aromatic ring is 1. The molecule has 0 saturated heterocycles. The number of nitrogens with zero attached hydrogens (tertiary/aromatic N) is 3. The van der Waals surface area contributed by atoms with Crippen LogP contribution in [0.3, 0.4) is 0 Å². The predicted molar refractivity (Wildman–Crippen MR) is 80.3 cm³/mol. The second-order valence-electron chi connectivity index (χ2n) is 4.96. The van der Waals surface area contributed by atoms with Gasteiger partial charge < -0.3 is 5.73 Å². The van der Waals surface area contributed by atoms with Gasteiger partial charge in [0.15, 0.2) is 0 Å². The fraction of sp³-hybridized carbons (Fsp3) is 0.286. The Kier molecular flexibility index (Phi) is 2.78. The third-order valence-corrected chi connectivity index (χ3v) is 4.53. The van der Waals surface area contributed by atoms with E-state index >= 15 is 0 Å². The van der Waals surface area contributed by atoms with Crippen molar-refractivity contribution in [3.05, 3.63) is 29.4 Å². The predicted octanol–water partition coefficient (Wildman–Crippen LogP) is 3.40. The van der Waals surface area contributed by atoms with Crippen molar-refractivity contribution < 1.29 is 0 Å². The SMILES string of the molecule is CC(C)c1nc2cc(-c3cnn(C)c3N)ccc2s1. The minimum atomic E-state index is 0.462. The molecule has 0 bridgehead atoms. The second kappa shape index (κ2) is 4.35. The van der Waals surface area contributed by atoms with Gasteiger partial charge in [0.25, 0.3) is 0 Å². The molecule has 5 heteroatoms. The highest BCUT2D eigenvalue weighted by atomic mass is 32.1. The average molecular weight is 272 g/mol. The van der Waals surface area contributed by atoms with E-state index in [-0.39, 0.29) is 0 Å². The van der Waals surface area contributed by atoms with Gasteiger partial charge in [-0.15, -0.1) is 11.3 Å². The van der Waals surface area contributed by atoms with E-state index in [2.05, 4.69) is 42.1 Å². The molecule has 0 saturated carbocycles. The summed E-state index contributed by atoms with van der Waals surface area (Å²) in [5, 5.41) is 5.35. The Balaban J connectivity index is 2.13. The Morgan fingerprint density at radius 3 is 2.74 bits per heavy atom. The van der Waals surface area contributed by atoms with E-state index in [0.29, 0.717) is 11.7 Å². The van der Waals surface area contributed by atoms with Gasteiger partial charge in [-0.3, -0.25) is 4.68 Å². The van der Waals surface area contributed by atoms with Gasteiger partial charge in [-0.1, -0.05) is 19.9 Å². The van der Waals surface area contributed by atoms with Gasteiger partial charge in [0.2, 0.25) is 0 Å². The van der Waals surface area contributed by atoms with Crippen LogP contribution in [0, 0.1) is 0 Å². The zero-order chi connectivity index (χ0) is 13.6. The van der Waals surface area contributed by atoms with Gasteiger partial charge in [-0.25, -0.2) is 4.98 Å². The highest BCUT2D eigenvalue weighted by molar-refractivity contribution is 7.18. The van der Waals surface area contributed by atoms with Crippen LogP contribution in [0.4, 0.5) is 5.82 Å². The number of fused-ring (bicyclic) bond motifs is 1. The van der Waals surface area contributed by atoms with Crippen molar-refractivity contribution >= 4 is 27.4 Å². The first-order valence-corrected chi connectivity index (χ1v) is 7.06. The van der Waals surface area contributed by atoms with Crippen molar-refractivity contribution in [2.75, 3.05) is 5.73 Å². The maximum Gasteiger partial charge on any atom is 0.129 e. The smallest absolute Gasteiger partial charge is 0.129 e. The standard InChI is InChI=1S/C14H16N4S/c1-8(2)14-17-11-6-9(4-5-12(11)19-14)10-7-16-18(3)13(10)15/h4-8H,15H2,1-3H3. The maximum absolute atomic E-state index is 6.01. The van der Waals surface area contributed by atoms with E-state index in [1.807, 2.05) is 7.05 Å². The number of hydrogen-bond donors (Lipinski definition) is 1. The van der Waals surface area contributed by atoms with E-state index in [0.717, 1.165) is 16.6 Å². The molecule has 0 unspecified atom stereocenters. The van der Waals surface area contributed by atoms with E-state index in [1.165, 1.54) is 9.71 Å². The van der Waals surface area contributed by atoms with Crippen LogP contribution in [0.25, 0.3) is 21.3 Å². The summed E-state index contributed by atoms with van der Waals surface area (Å²) < 4.78 is 2.90. The van der Waals surface area contributed by atoms with Crippen molar-refractivity contribution in [3.8, 4) is 11.1 Å². The van der Waals surface area contributed by atoms with E-state index in [4.69, 9.17) is 5.73 Å². The number of aromatic nitrogens is 3. The summed E-state index contributed by atoms with van der Waals surface area (Å²) in [6.07, 6.45) is 1.80. The van der Waals surface area contributed by atoms with E-state index in [9.17, 15) is 0 Å². The molecule has 0 atom stereocenters. The number of benzene rings is 1. The van der Waals surface area contributed by atoms with Gasteiger partial charge in [-0.2, -0.15) is 5.10 Å². The lowest BCUT2D eigenvalue weighted by molar-refractivity contribution is 0.779. The third kappa shape index (κ3) is 2.00. The topological polar surface area (TPSA) is 56.7 Å². The zero-order valence-electron chi connectivity index (χ0n) is 11.2. The first-order chi connectivity index (χ1) is 9.06. The summed E-state index contributed by atoms with van der Waals surface area (Å²) in [6, 6.07) is 6.28. The minimum absolute atomic E-state index is 0.462. The lowest BCUT2D eigenvalue weighted by Crippen LogP contribution is -1.97. The Morgan fingerprint density at radius 2 is 2.11 bits per heavy atom. The summed E-state index contributed by atoms with van der Waals surface area (Å²) in [5.74, 6) is 1.14. The molecule has 2 N–H and O–H groups in total. The molecule has 98 valence electrons. The van der Waals surface area contributed by atoms with Crippen LogP contribution in [0.5, 0.6) is 0 Å². The number of nitrogens with two attached hydrogens (primary N) is 1. The van der Waals surface area contributed by atoms with Crippen molar-refractivity contribution in [2.24, 2.45) is 7.05 Å². The summed E-state index contributed by atoms with van der Waals surface area (Å²) in [7, 11) is 1.84. The Hall–Kier alpha value is -1.88. The van der Waals surface area contributed by atoms with Gasteiger partial charge in [0.1, 0.15) is 5.82 Å². The lowest BCUT2D eigenvalue weighted by Gasteiger charge is -2.00. The Bertz CT molecular complexity index is 739. The molecule has 0 radical (unpaired) electrons. The summed E-state index contributed by atoms with van der Waals surface area (Å²) in [5.41, 5.74) is 9.08. The summed E-state index contributed by atoms with van der Waals surface area (Å²) >= 11 is 1.76. The first-order valence-electron chi connectivity index (χ1n) is 6.24. The average Bonchev–Trinajstić information content (AvgIpc) is 2.94. The summed E-state index contributed by atoms with van der Waals surface area (Å²) in [6.45, 7) is 4.33. The minimum Gasteiger partial charge on any atom is -0.383 e. The normalized spacial score (nSPS) is 11.6. The lowest BCUT2D eigenvalue weighted by atomic mass is 10.1. The van der Waals surface area contributed by atoms with Crippen LogP contribution in [0.1, 0.15) is 24.8 Å². The van der Waals surface area contributed by atoms with Crippen molar-refractivity contribution in [1.82, 2.24) is 14.8 Å². The molecule has 0 amide bonds. The number of rotatable bonds is 2. The number of anilines is 1. The van der Waals surface area contributed by atoms with Gasteiger partial charge >= 0.3 is 0 Å². The second-order valence-corrected chi connectivity index (χ2v) is 6.02. The molecule has 0 aliphatic rings. The molecule has 2 aromatic heterocycles. The number of thiazole rings is 1. The van der Waals surface area contributed by atoms with Crippen molar-refractivity contribution in [2.45, 2.75) is 19.8 Å². The molecule has 0 aliphatic heterocycles. The van der Waals surface area contributed by atoms with Gasteiger partial charge in [-0.05, 0) is 17.7 Å². The molecule has 2 heterocycles. The summed E-state index contributed by atoms with van der Waals surface area (Å²) in [4.78, 5) is 4.69. The number of hydrogen-bond acceptors (Lipinski definition) is 4. The quantitative estimate of drug-likeness (QED) is 0.778. The number of aryl methyl sites for hydroxylation is 1. The monoisotopic (exact) mass is 272 g/mol. The van der Waals surface area contributed by atoms with Crippen molar-refractivity contribution in [3.63, 3.8) is 0 Å². The molecule has 4 nitrogen and oxygen atoms in total. The van der Waals surface area contributed by atoms with Crippen LogP contribution >= 0.6 is 11.3 Å². The molecule has 3 rings (SSSR count). The van der Waals surface area contributed by atoms with Crippen LogP contribution in [0.2, 0.25) is 0 Å². The highest BCUT2D eigenvalue weighted by Gasteiger charge is 2.11. The Labute approximate surface area is 115 Å². The largest absolute Gasteiger partial charge is 0.383 e. The first kappa shape index (κ1) is 12.2. The fourth-order valence-corrected chi connectivity index (χ4v) is 2.98. The highest BCUT2D eigenvalue weighted by Crippen LogP contribution is 2.32. The molecule has 19 heavy (non-hydrogen) atoms. The molecule has 0 fully saturated rings. The van der Waals surface area contributed by atoms with Gasteiger partial charge in [0.05, 0.1) is 21.4 Å². The van der Waals surface area contributed by atoms with Crippen LogP contribution < -0.4 is 5.73 Å². The van der Waals surface area contributed by atoms with Gasteiger partial charge in [0, 0.05) is 18.5 Å². The van der Waals surface area contributed by atoms with Crippen LogP contribution in [-0.4, -0.2) is 14.8 Å². The zero-order valence-corrected chi connectivity index (χ0v) is 12.0. The van der Waals surface area contributed by atoms with Crippen LogP contribution in [0.15, 0.2) is 24.4 Å². The maximum atomic E-state index is 6.01. The molecular weight excluding hydrogens is 256 g/mol.